The molecule has 0 aliphatic carbocycles. The van der Waals surface area contributed by atoms with Crippen LogP contribution in [0, 0.1) is 6.92 Å². The molecule has 82 valence electrons. The van der Waals surface area contributed by atoms with Crippen LogP contribution in [0.15, 0.2) is 23.2 Å². The van der Waals surface area contributed by atoms with Crippen LogP contribution in [0.5, 0.6) is 5.75 Å². The number of nitrogens with two attached hydrogens (primary N) is 1. The van der Waals surface area contributed by atoms with Gasteiger partial charge in [0.15, 0.2) is 0 Å². The molecule has 0 aliphatic heterocycles. The molecule has 0 radical (unpaired) electrons. The molecule has 1 rings (SSSR count). The van der Waals surface area contributed by atoms with Crippen molar-refractivity contribution in [2.75, 3.05) is 0 Å². The summed E-state index contributed by atoms with van der Waals surface area (Å²) in [5.74, 6) is 1.46. The number of benzene rings is 1. The molecule has 0 fully saturated rings. The summed E-state index contributed by atoms with van der Waals surface area (Å²) < 4.78 is 5.63. The lowest BCUT2D eigenvalue weighted by Gasteiger charge is -2.12. The summed E-state index contributed by atoms with van der Waals surface area (Å²) in [6.45, 7) is 7.79. The van der Waals surface area contributed by atoms with E-state index in [1.807, 2.05) is 39.0 Å². The van der Waals surface area contributed by atoms with Crippen molar-refractivity contribution in [1.29, 1.82) is 0 Å². The second kappa shape index (κ2) is 4.82. The van der Waals surface area contributed by atoms with Gasteiger partial charge in [0.25, 0.3) is 0 Å². The van der Waals surface area contributed by atoms with Crippen LogP contribution in [0.3, 0.4) is 0 Å². The standard InChI is InChI=1S/C12H18N2O/c1-8(2)15-12-6-5-11(7-9(12)3)14-10(4)13/h5-8H,1-4H3,(H2,13,14). The summed E-state index contributed by atoms with van der Waals surface area (Å²) in [7, 11) is 0. The fraction of sp³-hybridized carbons (Fsp3) is 0.417. The molecule has 0 spiro atoms. The van der Waals surface area contributed by atoms with Gasteiger partial charge in [-0.05, 0) is 51.5 Å². The van der Waals surface area contributed by atoms with Gasteiger partial charge >= 0.3 is 0 Å². The van der Waals surface area contributed by atoms with Crippen LogP contribution in [-0.4, -0.2) is 11.9 Å². The maximum absolute atomic E-state index is 5.63. The zero-order valence-electron chi connectivity index (χ0n) is 9.74. The molecule has 0 aliphatic rings. The molecular weight excluding hydrogens is 188 g/mol. The molecule has 15 heavy (non-hydrogen) atoms. The number of nitrogens with zero attached hydrogens (tertiary/aromatic N) is 1. The van der Waals surface area contributed by atoms with E-state index in [9.17, 15) is 0 Å². The molecule has 3 heteroatoms. The van der Waals surface area contributed by atoms with Gasteiger partial charge in [-0.3, -0.25) is 0 Å². The third-order valence-corrected chi connectivity index (χ3v) is 1.83. The third kappa shape index (κ3) is 3.62. The number of rotatable bonds is 3. The molecule has 0 saturated carbocycles. The van der Waals surface area contributed by atoms with Crippen LogP contribution in [0.25, 0.3) is 0 Å². The highest BCUT2D eigenvalue weighted by atomic mass is 16.5. The predicted molar refractivity (Wildman–Crippen MR) is 63.9 cm³/mol. The van der Waals surface area contributed by atoms with Crippen LogP contribution in [0.1, 0.15) is 26.3 Å². The monoisotopic (exact) mass is 206 g/mol. The summed E-state index contributed by atoms with van der Waals surface area (Å²) in [5, 5.41) is 0. The van der Waals surface area contributed by atoms with Crippen LogP contribution < -0.4 is 10.5 Å². The lowest BCUT2D eigenvalue weighted by molar-refractivity contribution is 0.241. The molecule has 1 aromatic carbocycles. The maximum Gasteiger partial charge on any atom is 0.122 e. The summed E-state index contributed by atoms with van der Waals surface area (Å²) in [6.07, 6.45) is 0.189. The molecule has 1 aromatic rings. The minimum atomic E-state index is 0.189. The molecule has 0 amide bonds. The lowest BCUT2D eigenvalue weighted by Crippen LogP contribution is -2.06. The molecule has 0 bridgehead atoms. The molecular formula is C12H18N2O. The number of aliphatic imine (C=N–C) groups is 1. The Bertz CT molecular complexity index is 366. The Kier molecular flexibility index (Phi) is 3.72. The van der Waals surface area contributed by atoms with E-state index in [0.717, 1.165) is 17.0 Å². The first-order valence-corrected chi connectivity index (χ1v) is 5.07. The highest BCUT2D eigenvalue weighted by Gasteiger charge is 2.02. The topological polar surface area (TPSA) is 47.6 Å². The van der Waals surface area contributed by atoms with Gasteiger partial charge in [0.1, 0.15) is 5.75 Å². The number of amidine groups is 1. The Morgan fingerprint density at radius 3 is 2.53 bits per heavy atom. The first kappa shape index (κ1) is 11.6. The molecule has 0 unspecified atom stereocenters. The van der Waals surface area contributed by atoms with Gasteiger partial charge < -0.3 is 10.5 Å². The van der Waals surface area contributed by atoms with Crippen molar-refractivity contribution in [2.24, 2.45) is 10.7 Å². The van der Waals surface area contributed by atoms with Gasteiger partial charge in [-0.1, -0.05) is 0 Å². The van der Waals surface area contributed by atoms with E-state index in [4.69, 9.17) is 10.5 Å². The van der Waals surface area contributed by atoms with Crippen molar-refractivity contribution in [3.8, 4) is 5.75 Å². The first-order valence-electron chi connectivity index (χ1n) is 5.07. The van der Waals surface area contributed by atoms with Crippen LogP contribution in [-0.2, 0) is 0 Å². The highest BCUT2D eigenvalue weighted by Crippen LogP contribution is 2.24. The normalized spacial score (nSPS) is 11.9. The fourth-order valence-corrected chi connectivity index (χ4v) is 1.29. The highest BCUT2D eigenvalue weighted by molar-refractivity contribution is 5.80. The maximum atomic E-state index is 5.63. The van der Waals surface area contributed by atoms with E-state index in [1.54, 1.807) is 6.92 Å². The second-order valence-corrected chi connectivity index (χ2v) is 3.87. The molecule has 0 aromatic heterocycles. The predicted octanol–water partition coefficient (Wildman–Crippen LogP) is 2.79. The van der Waals surface area contributed by atoms with Crippen molar-refractivity contribution in [1.82, 2.24) is 0 Å². The van der Waals surface area contributed by atoms with Crippen molar-refractivity contribution in [3.63, 3.8) is 0 Å². The molecule has 3 nitrogen and oxygen atoms in total. The number of ether oxygens (including phenoxy) is 1. The molecule has 0 heterocycles. The Labute approximate surface area is 91.0 Å². The Balaban J connectivity index is 2.93. The van der Waals surface area contributed by atoms with E-state index in [2.05, 4.69) is 4.99 Å². The summed E-state index contributed by atoms with van der Waals surface area (Å²) >= 11 is 0. The van der Waals surface area contributed by atoms with E-state index in [0.29, 0.717) is 5.84 Å². The van der Waals surface area contributed by atoms with Crippen molar-refractivity contribution < 1.29 is 4.74 Å². The van der Waals surface area contributed by atoms with E-state index in [1.165, 1.54) is 0 Å². The summed E-state index contributed by atoms with van der Waals surface area (Å²) in [4.78, 5) is 4.18. The second-order valence-electron chi connectivity index (χ2n) is 3.87. The van der Waals surface area contributed by atoms with Gasteiger partial charge in [-0.2, -0.15) is 0 Å². The van der Waals surface area contributed by atoms with E-state index < -0.39 is 0 Å². The van der Waals surface area contributed by atoms with Gasteiger partial charge in [-0.25, -0.2) is 4.99 Å². The van der Waals surface area contributed by atoms with Gasteiger partial charge in [0, 0.05) is 0 Å². The Morgan fingerprint density at radius 2 is 2.07 bits per heavy atom. The smallest absolute Gasteiger partial charge is 0.122 e. The average Bonchev–Trinajstić information content (AvgIpc) is 2.08. The van der Waals surface area contributed by atoms with Gasteiger partial charge in [0.2, 0.25) is 0 Å². The zero-order valence-corrected chi connectivity index (χ0v) is 9.74. The molecule has 0 atom stereocenters. The van der Waals surface area contributed by atoms with Crippen molar-refractivity contribution >= 4 is 11.5 Å². The van der Waals surface area contributed by atoms with Crippen molar-refractivity contribution in [3.05, 3.63) is 23.8 Å². The van der Waals surface area contributed by atoms with Gasteiger partial charge in [0.05, 0.1) is 17.6 Å². The van der Waals surface area contributed by atoms with E-state index >= 15 is 0 Å². The molecule has 0 saturated heterocycles. The van der Waals surface area contributed by atoms with Crippen LogP contribution >= 0.6 is 0 Å². The quantitative estimate of drug-likeness (QED) is 0.610. The first-order chi connectivity index (χ1) is 6.99. The van der Waals surface area contributed by atoms with E-state index in [-0.39, 0.29) is 6.10 Å². The Hall–Kier alpha value is -1.51. The number of aryl methyl sites for hydroxylation is 1. The Morgan fingerprint density at radius 1 is 1.40 bits per heavy atom. The van der Waals surface area contributed by atoms with Crippen LogP contribution in [0.4, 0.5) is 5.69 Å². The lowest BCUT2D eigenvalue weighted by atomic mass is 10.2. The SMILES string of the molecule is CC(N)=Nc1ccc(OC(C)C)c(C)c1. The number of hydrogen-bond acceptors (Lipinski definition) is 2. The van der Waals surface area contributed by atoms with Crippen molar-refractivity contribution in [2.45, 2.75) is 33.8 Å². The minimum Gasteiger partial charge on any atom is -0.491 e. The molecule has 2 N–H and O–H groups in total. The van der Waals surface area contributed by atoms with Crippen LogP contribution in [0.2, 0.25) is 0 Å². The largest absolute Gasteiger partial charge is 0.491 e. The average molecular weight is 206 g/mol. The summed E-state index contributed by atoms with van der Waals surface area (Å²) in [6, 6.07) is 5.80. The fourth-order valence-electron chi connectivity index (χ4n) is 1.29. The zero-order chi connectivity index (χ0) is 11.4. The third-order valence-electron chi connectivity index (χ3n) is 1.83. The van der Waals surface area contributed by atoms with Gasteiger partial charge in [-0.15, -0.1) is 0 Å². The summed E-state index contributed by atoms with van der Waals surface area (Å²) in [5.41, 5.74) is 7.45. The number of hydrogen-bond donors (Lipinski definition) is 1. The minimum absolute atomic E-state index is 0.189.